The molecule has 1 heterocycles. The summed E-state index contributed by atoms with van der Waals surface area (Å²) >= 11 is 0. The standard InChI is InChI=1S/C21H18FNO/c1-13-17(8-9-24)19-11-16(22)6-7-18(19)21(13)15-10-14-4-2-3-5-20(14)23-12-15/h2-7,10-12,20,24H,8-9H2,1H3/b21-15-. The fourth-order valence-electron chi connectivity index (χ4n) is 3.67. The molecule has 1 N–H and O–H groups in total. The molecule has 1 aliphatic heterocycles. The van der Waals surface area contributed by atoms with Crippen LogP contribution in [-0.4, -0.2) is 24.0 Å². The fourth-order valence-corrected chi connectivity index (χ4v) is 3.67. The highest BCUT2D eigenvalue weighted by Gasteiger charge is 2.27. The van der Waals surface area contributed by atoms with Gasteiger partial charge in [0.05, 0.1) is 6.04 Å². The Bertz CT molecular complexity index is 896. The Kier molecular flexibility index (Phi) is 3.66. The third kappa shape index (κ3) is 2.33. The van der Waals surface area contributed by atoms with Gasteiger partial charge in [-0.05, 0) is 65.0 Å². The molecule has 0 fully saturated rings. The minimum absolute atomic E-state index is 0.0516. The number of aliphatic hydroxyl groups is 1. The molecule has 1 aromatic rings. The molecule has 0 radical (unpaired) electrons. The maximum absolute atomic E-state index is 13.7. The molecular formula is C21H18FNO. The van der Waals surface area contributed by atoms with Crippen molar-refractivity contribution in [3.63, 3.8) is 0 Å². The summed E-state index contributed by atoms with van der Waals surface area (Å²) in [5.74, 6) is -0.251. The van der Waals surface area contributed by atoms with Gasteiger partial charge in [-0.15, -0.1) is 0 Å². The average Bonchev–Trinajstić information content (AvgIpc) is 2.86. The Hall–Kier alpha value is -2.52. The number of dihydropyridines is 1. The van der Waals surface area contributed by atoms with E-state index in [4.69, 9.17) is 0 Å². The zero-order valence-electron chi connectivity index (χ0n) is 13.5. The van der Waals surface area contributed by atoms with E-state index in [0.29, 0.717) is 6.42 Å². The lowest BCUT2D eigenvalue weighted by Crippen LogP contribution is -2.11. The fraction of sp³-hybridized carbons (Fsp3) is 0.190. The van der Waals surface area contributed by atoms with Gasteiger partial charge < -0.3 is 5.11 Å². The summed E-state index contributed by atoms with van der Waals surface area (Å²) in [6.07, 6.45) is 12.8. The quantitative estimate of drug-likeness (QED) is 0.868. The molecule has 2 aliphatic carbocycles. The van der Waals surface area contributed by atoms with Crippen LogP contribution in [0, 0.1) is 5.82 Å². The van der Waals surface area contributed by atoms with Crippen LogP contribution in [0.2, 0.25) is 0 Å². The van der Waals surface area contributed by atoms with E-state index >= 15 is 0 Å². The predicted molar refractivity (Wildman–Crippen MR) is 96.3 cm³/mol. The van der Waals surface area contributed by atoms with Crippen LogP contribution in [0.5, 0.6) is 0 Å². The van der Waals surface area contributed by atoms with Crippen LogP contribution in [0.4, 0.5) is 4.39 Å². The van der Waals surface area contributed by atoms with Crippen LogP contribution in [0.25, 0.3) is 11.1 Å². The summed E-state index contributed by atoms with van der Waals surface area (Å²) in [5, 5.41) is 9.39. The summed E-state index contributed by atoms with van der Waals surface area (Å²) in [7, 11) is 0. The van der Waals surface area contributed by atoms with E-state index in [9.17, 15) is 9.50 Å². The van der Waals surface area contributed by atoms with E-state index in [1.165, 1.54) is 6.07 Å². The highest BCUT2D eigenvalue weighted by molar-refractivity contribution is 6.08. The molecule has 0 aromatic heterocycles. The SMILES string of the molecule is CC1=C(CCO)c2cc(F)ccc2/C1=C1\C=NC2C=CC=CC2=C1. The zero-order chi connectivity index (χ0) is 16.7. The summed E-state index contributed by atoms with van der Waals surface area (Å²) < 4.78 is 13.7. The van der Waals surface area contributed by atoms with Gasteiger partial charge >= 0.3 is 0 Å². The van der Waals surface area contributed by atoms with Crippen molar-refractivity contribution in [2.45, 2.75) is 19.4 Å². The van der Waals surface area contributed by atoms with Gasteiger partial charge in [-0.3, -0.25) is 4.99 Å². The van der Waals surface area contributed by atoms with Crippen LogP contribution < -0.4 is 0 Å². The van der Waals surface area contributed by atoms with Gasteiger partial charge in [0.2, 0.25) is 0 Å². The summed E-state index contributed by atoms with van der Waals surface area (Å²) in [6.45, 7) is 2.09. The Balaban J connectivity index is 1.91. The Morgan fingerprint density at radius 1 is 1.21 bits per heavy atom. The molecule has 1 unspecified atom stereocenters. The molecule has 0 saturated carbocycles. The number of allylic oxidation sites excluding steroid dienone is 6. The van der Waals surface area contributed by atoms with Gasteiger partial charge in [-0.1, -0.05) is 30.4 Å². The van der Waals surface area contributed by atoms with Crippen LogP contribution in [0.1, 0.15) is 24.5 Å². The van der Waals surface area contributed by atoms with E-state index in [0.717, 1.165) is 39.0 Å². The first-order chi connectivity index (χ1) is 11.7. The van der Waals surface area contributed by atoms with E-state index in [-0.39, 0.29) is 18.5 Å². The second-order valence-corrected chi connectivity index (χ2v) is 6.21. The molecule has 0 spiro atoms. The maximum Gasteiger partial charge on any atom is 0.123 e. The molecule has 3 aliphatic rings. The van der Waals surface area contributed by atoms with Gasteiger partial charge in [0.15, 0.2) is 0 Å². The highest BCUT2D eigenvalue weighted by Crippen LogP contribution is 2.45. The minimum atomic E-state index is -0.251. The number of benzene rings is 1. The highest BCUT2D eigenvalue weighted by atomic mass is 19.1. The molecular weight excluding hydrogens is 301 g/mol. The van der Waals surface area contributed by atoms with Gasteiger partial charge in [0.25, 0.3) is 0 Å². The second kappa shape index (κ2) is 5.84. The van der Waals surface area contributed by atoms with Gasteiger partial charge in [-0.2, -0.15) is 0 Å². The Morgan fingerprint density at radius 3 is 2.92 bits per heavy atom. The lowest BCUT2D eigenvalue weighted by atomic mass is 9.92. The van der Waals surface area contributed by atoms with E-state index in [2.05, 4.69) is 23.2 Å². The molecule has 0 bridgehead atoms. The number of nitrogens with zero attached hydrogens (tertiary/aromatic N) is 1. The number of aliphatic hydroxyl groups excluding tert-OH is 1. The summed E-state index contributed by atoms with van der Waals surface area (Å²) in [4.78, 5) is 4.64. The van der Waals surface area contributed by atoms with Crippen LogP contribution in [0.15, 0.2) is 70.3 Å². The largest absolute Gasteiger partial charge is 0.396 e. The first-order valence-electron chi connectivity index (χ1n) is 8.14. The molecule has 1 atom stereocenters. The number of hydrogen-bond acceptors (Lipinski definition) is 2. The third-order valence-electron chi connectivity index (χ3n) is 4.79. The van der Waals surface area contributed by atoms with Crippen molar-refractivity contribution in [1.29, 1.82) is 0 Å². The van der Waals surface area contributed by atoms with Crippen molar-refractivity contribution in [3.8, 4) is 0 Å². The molecule has 2 nitrogen and oxygen atoms in total. The first-order valence-corrected chi connectivity index (χ1v) is 8.14. The molecule has 1 aromatic carbocycles. The Labute approximate surface area is 140 Å². The summed E-state index contributed by atoms with van der Waals surface area (Å²) in [5.41, 5.74) is 7.31. The molecule has 3 heteroatoms. The minimum Gasteiger partial charge on any atom is -0.396 e. The maximum atomic E-state index is 13.7. The van der Waals surface area contributed by atoms with Crippen molar-refractivity contribution >= 4 is 17.4 Å². The van der Waals surface area contributed by atoms with Crippen LogP contribution in [0.3, 0.4) is 0 Å². The normalized spacial score (nSPS) is 24.3. The molecule has 4 rings (SSSR count). The van der Waals surface area contributed by atoms with Crippen molar-refractivity contribution in [2.75, 3.05) is 6.61 Å². The van der Waals surface area contributed by atoms with Crippen molar-refractivity contribution in [2.24, 2.45) is 4.99 Å². The third-order valence-corrected chi connectivity index (χ3v) is 4.79. The van der Waals surface area contributed by atoms with E-state index < -0.39 is 0 Å². The van der Waals surface area contributed by atoms with Crippen LogP contribution >= 0.6 is 0 Å². The van der Waals surface area contributed by atoms with Crippen molar-refractivity contribution < 1.29 is 9.50 Å². The zero-order valence-corrected chi connectivity index (χ0v) is 13.5. The average molecular weight is 319 g/mol. The summed E-state index contributed by atoms with van der Waals surface area (Å²) in [6, 6.07) is 4.98. The van der Waals surface area contributed by atoms with Crippen molar-refractivity contribution in [3.05, 3.63) is 82.2 Å². The number of hydrogen-bond donors (Lipinski definition) is 1. The number of aliphatic imine (C=N–C) groups is 1. The van der Waals surface area contributed by atoms with Gasteiger partial charge in [-0.25, -0.2) is 4.39 Å². The van der Waals surface area contributed by atoms with Gasteiger partial charge in [0.1, 0.15) is 5.82 Å². The van der Waals surface area contributed by atoms with E-state index in [1.807, 2.05) is 31.4 Å². The molecule has 24 heavy (non-hydrogen) atoms. The second-order valence-electron chi connectivity index (χ2n) is 6.21. The lowest BCUT2D eigenvalue weighted by Gasteiger charge is -2.19. The lowest BCUT2D eigenvalue weighted by molar-refractivity contribution is 0.305. The van der Waals surface area contributed by atoms with Crippen LogP contribution in [-0.2, 0) is 0 Å². The Morgan fingerprint density at radius 2 is 2.08 bits per heavy atom. The number of halogens is 1. The monoisotopic (exact) mass is 319 g/mol. The van der Waals surface area contributed by atoms with E-state index in [1.54, 1.807) is 6.07 Å². The molecule has 0 saturated heterocycles. The van der Waals surface area contributed by atoms with Gasteiger partial charge in [0, 0.05) is 18.4 Å². The van der Waals surface area contributed by atoms with Crippen molar-refractivity contribution in [1.82, 2.24) is 0 Å². The topological polar surface area (TPSA) is 32.6 Å². The number of fused-ring (bicyclic) bond motifs is 2. The molecule has 0 amide bonds. The predicted octanol–water partition coefficient (Wildman–Crippen LogP) is 4.25. The number of rotatable bonds is 2. The first kappa shape index (κ1) is 15.0. The smallest absolute Gasteiger partial charge is 0.123 e. The molecule has 120 valence electrons.